The van der Waals surface area contributed by atoms with Crippen molar-refractivity contribution in [1.82, 2.24) is 4.90 Å². The minimum atomic E-state index is -0.0636. The van der Waals surface area contributed by atoms with Gasteiger partial charge in [-0.25, -0.2) is 4.79 Å². The Morgan fingerprint density at radius 3 is 2.18 bits per heavy atom. The summed E-state index contributed by atoms with van der Waals surface area (Å²) in [5.74, 6) is 0.710. The highest BCUT2D eigenvalue weighted by Crippen LogP contribution is 2.28. The maximum Gasteiger partial charge on any atom is 0.322 e. The van der Waals surface area contributed by atoms with Gasteiger partial charge in [0.25, 0.3) is 0 Å². The average Bonchev–Trinajstić information content (AvgIpc) is 2.74. The van der Waals surface area contributed by atoms with E-state index < -0.39 is 0 Å². The van der Waals surface area contributed by atoms with Gasteiger partial charge in [-0.1, -0.05) is 44.2 Å². The summed E-state index contributed by atoms with van der Waals surface area (Å²) in [6.45, 7) is 10.1. The molecule has 5 heteroatoms. The van der Waals surface area contributed by atoms with Crippen LogP contribution in [0.2, 0.25) is 0 Å². The average molecular weight is 382 g/mol. The Morgan fingerprint density at radius 1 is 0.929 bits per heavy atom. The van der Waals surface area contributed by atoms with Gasteiger partial charge in [-0.2, -0.15) is 0 Å². The van der Waals surface area contributed by atoms with Crippen molar-refractivity contribution in [3.05, 3.63) is 53.6 Å². The number of nitrogens with zero attached hydrogens (tertiary/aromatic N) is 2. The molecular formula is C23H31N3O2. The highest BCUT2D eigenvalue weighted by Gasteiger charge is 2.24. The summed E-state index contributed by atoms with van der Waals surface area (Å²) < 4.78 is 5.61. The Hall–Kier alpha value is -2.69. The monoisotopic (exact) mass is 381 g/mol. The lowest BCUT2D eigenvalue weighted by Gasteiger charge is -2.38. The number of piperazine rings is 1. The van der Waals surface area contributed by atoms with Crippen molar-refractivity contribution in [2.45, 2.75) is 33.6 Å². The van der Waals surface area contributed by atoms with E-state index in [2.05, 4.69) is 42.3 Å². The zero-order valence-corrected chi connectivity index (χ0v) is 17.2. The summed E-state index contributed by atoms with van der Waals surface area (Å²) in [6.07, 6.45) is 2.05. The third kappa shape index (κ3) is 4.41. The molecule has 28 heavy (non-hydrogen) atoms. The maximum atomic E-state index is 12.8. The van der Waals surface area contributed by atoms with E-state index in [-0.39, 0.29) is 6.03 Å². The van der Waals surface area contributed by atoms with Crippen LogP contribution in [-0.2, 0) is 12.8 Å². The van der Waals surface area contributed by atoms with Gasteiger partial charge in [0.05, 0.1) is 12.3 Å². The van der Waals surface area contributed by atoms with Crippen LogP contribution >= 0.6 is 0 Å². The molecule has 2 aromatic carbocycles. The van der Waals surface area contributed by atoms with E-state index in [1.54, 1.807) is 0 Å². The Kier molecular flexibility index (Phi) is 6.80. The van der Waals surface area contributed by atoms with Crippen LogP contribution < -0.4 is 15.0 Å². The smallest absolute Gasteiger partial charge is 0.322 e. The van der Waals surface area contributed by atoms with E-state index in [1.807, 2.05) is 36.1 Å². The highest BCUT2D eigenvalue weighted by atomic mass is 16.5. The van der Waals surface area contributed by atoms with E-state index in [0.29, 0.717) is 25.4 Å². The Labute approximate surface area is 168 Å². The number of aryl methyl sites for hydroxylation is 2. The van der Waals surface area contributed by atoms with Gasteiger partial charge >= 0.3 is 6.03 Å². The molecule has 0 spiro atoms. The van der Waals surface area contributed by atoms with Crippen molar-refractivity contribution in [2.24, 2.45) is 0 Å². The Bertz CT molecular complexity index is 776. The molecule has 0 saturated carbocycles. The van der Waals surface area contributed by atoms with E-state index in [1.165, 1.54) is 16.8 Å². The molecule has 0 radical (unpaired) electrons. The van der Waals surface area contributed by atoms with Crippen LogP contribution in [0.1, 0.15) is 31.9 Å². The van der Waals surface area contributed by atoms with Gasteiger partial charge in [-0.15, -0.1) is 0 Å². The number of carbonyl (C=O) groups excluding carboxylic acids is 1. The summed E-state index contributed by atoms with van der Waals surface area (Å²) in [4.78, 5) is 17.1. The predicted octanol–water partition coefficient (Wildman–Crippen LogP) is 4.56. The van der Waals surface area contributed by atoms with E-state index in [4.69, 9.17) is 4.74 Å². The first kappa shape index (κ1) is 20.1. The first-order valence-corrected chi connectivity index (χ1v) is 10.3. The first-order chi connectivity index (χ1) is 13.7. The van der Waals surface area contributed by atoms with Crippen LogP contribution in [0.4, 0.5) is 16.2 Å². The minimum Gasteiger partial charge on any atom is -0.492 e. The van der Waals surface area contributed by atoms with Crippen LogP contribution in [0.15, 0.2) is 42.5 Å². The molecule has 0 unspecified atom stereocenters. The molecule has 1 N–H and O–H groups in total. The molecule has 3 rings (SSSR count). The Morgan fingerprint density at radius 2 is 1.57 bits per heavy atom. The fourth-order valence-electron chi connectivity index (χ4n) is 3.80. The molecule has 1 heterocycles. The number of rotatable bonds is 6. The standard InChI is InChI=1S/C23H31N3O2/c1-4-18-10-9-11-19(5-2)22(18)25-14-16-26(17-15-25)23(27)24-20-12-7-8-13-21(20)28-6-3/h7-13H,4-6,14-17H2,1-3H3,(H,24,27). The van der Waals surface area contributed by atoms with Crippen molar-refractivity contribution >= 4 is 17.4 Å². The number of urea groups is 1. The topological polar surface area (TPSA) is 44.8 Å². The van der Waals surface area contributed by atoms with Gasteiger partial charge in [0.15, 0.2) is 0 Å². The van der Waals surface area contributed by atoms with Gasteiger partial charge in [-0.05, 0) is 43.0 Å². The third-order valence-corrected chi connectivity index (χ3v) is 5.28. The van der Waals surface area contributed by atoms with E-state index >= 15 is 0 Å². The number of anilines is 2. The second-order valence-electron chi connectivity index (χ2n) is 6.97. The largest absolute Gasteiger partial charge is 0.492 e. The fraction of sp³-hybridized carbons (Fsp3) is 0.435. The van der Waals surface area contributed by atoms with Gasteiger partial charge in [0, 0.05) is 31.9 Å². The SMILES string of the molecule is CCOc1ccccc1NC(=O)N1CCN(c2c(CC)cccc2CC)CC1. The minimum absolute atomic E-state index is 0.0636. The number of amides is 2. The fourth-order valence-corrected chi connectivity index (χ4v) is 3.80. The number of hydrogen-bond acceptors (Lipinski definition) is 3. The summed E-state index contributed by atoms with van der Waals surface area (Å²) in [6, 6.07) is 14.1. The number of hydrogen-bond donors (Lipinski definition) is 1. The lowest BCUT2D eigenvalue weighted by Crippen LogP contribution is -2.50. The quantitative estimate of drug-likeness (QED) is 0.797. The highest BCUT2D eigenvalue weighted by molar-refractivity contribution is 5.91. The lowest BCUT2D eigenvalue weighted by atomic mass is 10.0. The Balaban J connectivity index is 1.65. The molecule has 0 bridgehead atoms. The van der Waals surface area contributed by atoms with Gasteiger partial charge < -0.3 is 19.9 Å². The van der Waals surface area contributed by atoms with Crippen molar-refractivity contribution in [2.75, 3.05) is 43.0 Å². The maximum absolute atomic E-state index is 12.8. The third-order valence-electron chi connectivity index (χ3n) is 5.28. The van der Waals surface area contributed by atoms with Crippen LogP contribution in [-0.4, -0.2) is 43.7 Å². The molecule has 2 amide bonds. The predicted molar refractivity (Wildman–Crippen MR) is 116 cm³/mol. The van der Waals surface area contributed by atoms with Crippen molar-refractivity contribution in [3.63, 3.8) is 0 Å². The second kappa shape index (κ2) is 9.49. The number of ether oxygens (including phenoxy) is 1. The lowest BCUT2D eigenvalue weighted by molar-refractivity contribution is 0.208. The van der Waals surface area contributed by atoms with Crippen LogP contribution in [0.3, 0.4) is 0 Å². The molecule has 1 saturated heterocycles. The molecule has 5 nitrogen and oxygen atoms in total. The number of carbonyl (C=O) groups is 1. The zero-order chi connectivity index (χ0) is 19.9. The zero-order valence-electron chi connectivity index (χ0n) is 17.2. The van der Waals surface area contributed by atoms with E-state index in [9.17, 15) is 4.79 Å². The second-order valence-corrected chi connectivity index (χ2v) is 6.97. The summed E-state index contributed by atoms with van der Waals surface area (Å²) in [7, 11) is 0. The molecule has 150 valence electrons. The first-order valence-electron chi connectivity index (χ1n) is 10.3. The van der Waals surface area contributed by atoms with E-state index in [0.717, 1.165) is 31.6 Å². The molecule has 2 aromatic rings. The normalized spacial score (nSPS) is 14.1. The molecule has 1 aliphatic heterocycles. The van der Waals surface area contributed by atoms with Crippen molar-refractivity contribution in [1.29, 1.82) is 0 Å². The molecule has 0 aromatic heterocycles. The summed E-state index contributed by atoms with van der Waals surface area (Å²) >= 11 is 0. The van der Waals surface area contributed by atoms with Crippen molar-refractivity contribution in [3.8, 4) is 5.75 Å². The number of para-hydroxylation sites is 3. The number of nitrogens with one attached hydrogen (secondary N) is 1. The van der Waals surface area contributed by atoms with Crippen molar-refractivity contribution < 1.29 is 9.53 Å². The number of benzene rings is 2. The van der Waals surface area contributed by atoms with Gasteiger partial charge in [0.2, 0.25) is 0 Å². The summed E-state index contributed by atoms with van der Waals surface area (Å²) in [5, 5.41) is 3.01. The molecule has 0 atom stereocenters. The van der Waals surface area contributed by atoms with Crippen LogP contribution in [0.5, 0.6) is 5.75 Å². The summed E-state index contributed by atoms with van der Waals surface area (Å²) in [5.41, 5.74) is 4.88. The molecule has 0 aliphatic carbocycles. The molecule has 1 fully saturated rings. The molecule has 1 aliphatic rings. The van der Waals surface area contributed by atoms with Crippen LogP contribution in [0, 0.1) is 0 Å². The molecular weight excluding hydrogens is 350 g/mol. The van der Waals surface area contributed by atoms with Crippen LogP contribution in [0.25, 0.3) is 0 Å². The van der Waals surface area contributed by atoms with Gasteiger partial charge in [-0.3, -0.25) is 0 Å². The van der Waals surface area contributed by atoms with Gasteiger partial charge in [0.1, 0.15) is 5.75 Å².